The van der Waals surface area contributed by atoms with Gasteiger partial charge in [-0.2, -0.15) is 0 Å². The molecule has 4 nitrogen and oxygen atoms in total. The minimum atomic E-state index is -0.295. The Labute approximate surface area is 81.8 Å². The van der Waals surface area contributed by atoms with E-state index in [1.54, 1.807) is 6.26 Å². The van der Waals surface area contributed by atoms with Gasteiger partial charge in [-0.3, -0.25) is 4.79 Å². The van der Waals surface area contributed by atoms with E-state index in [-0.39, 0.29) is 11.4 Å². The number of carbonyl (C=O) groups is 1. The molecule has 1 aliphatic heterocycles. The van der Waals surface area contributed by atoms with Crippen LogP contribution in [-0.4, -0.2) is 26.3 Å². The number of carbonyl (C=O) groups excluding carboxylic acids is 1. The molecule has 1 aromatic heterocycles. The van der Waals surface area contributed by atoms with Crippen LogP contribution in [0.3, 0.4) is 0 Å². The second kappa shape index (κ2) is 3.46. The number of methoxy groups -OCH3 is 1. The molecule has 2 rings (SSSR count). The summed E-state index contributed by atoms with van der Waals surface area (Å²) >= 11 is 0. The second-order valence-electron chi connectivity index (χ2n) is 3.50. The van der Waals surface area contributed by atoms with Crippen molar-refractivity contribution in [1.29, 1.82) is 0 Å². The number of hydrogen-bond donors (Lipinski definition) is 0. The van der Waals surface area contributed by atoms with Crippen LogP contribution < -0.4 is 0 Å². The third-order valence-electron chi connectivity index (χ3n) is 2.51. The Morgan fingerprint density at radius 1 is 1.64 bits per heavy atom. The molecule has 0 bridgehead atoms. The zero-order valence-corrected chi connectivity index (χ0v) is 7.99. The summed E-state index contributed by atoms with van der Waals surface area (Å²) in [5, 5.41) is 0. The maximum absolute atomic E-state index is 11.2. The van der Waals surface area contributed by atoms with E-state index in [1.165, 1.54) is 7.11 Å². The fourth-order valence-electron chi connectivity index (χ4n) is 1.61. The number of hydrogen-bond acceptors (Lipinski definition) is 4. The van der Waals surface area contributed by atoms with Gasteiger partial charge in [-0.25, -0.2) is 0 Å². The Bertz CT molecular complexity index is 311. The van der Waals surface area contributed by atoms with Crippen molar-refractivity contribution in [2.75, 3.05) is 20.3 Å². The third kappa shape index (κ3) is 1.42. The van der Waals surface area contributed by atoms with Gasteiger partial charge in [0.1, 0.15) is 5.76 Å². The van der Waals surface area contributed by atoms with Gasteiger partial charge in [-0.1, -0.05) is 0 Å². The minimum absolute atomic E-state index is 0.232. The predicted molar refractivity (Wildman–Crippen MR) is 47.8 cm³/mol. The Morgan fingerprint density at radius 3 is 2.86 bits per heavy atom. The Balaban J connectivity index is 2.14. The quantitative estimate of drug-likeness (QED) is 0.679. The molecular formula is C10H12O4. The first kappa shape index (κ1) is 9.27. The van der Waals surface area contributed by atoms with Gasteiger partial charge in [0.25, 0.3) is 0 Å². The van der Waals surface area contributed by atoms with Gasteiger partial charge in [0.2, 0.25) is 0 Å². The second-order valence-corrected chi connectivity index (χ2v) is 3.50. The summed E-state index contributed by atoms with van der Waals surface area (Å²) in [5.41, 5.74) is -0.295. The molecule has 1 fully saturated rings. The van der Waals surface area contributed by atoms with E-state index in [2.05, 4.69) is 4.74 Å². The average molecular weight is 196 g/mol. The normalized spacial score (nSPS) is 18.6. The lowest BCUT2D eigenvalue weighted by atomic mass is 9.80. The van der Waals surface area contributed by atoms with Crippen molar-refractivity contribution in [1.82, 2.24) is 0 Å². The van der Waals surface area contributed by atoms with Crippen molar-refractivity contribution in [2.45, 2.75) is 11.8 Å². The first-order valence-electron chi connectivity index (χ1n) is 4.45. The first-order valence-corrected chi connectivity index (χ1v) is 4.45. The van der Waals surface area contributed by atoms with Crippen LogP contribution in [-0.2, 0) is 19.7 Å². The molecule has 0 amide bonds. The molecular weight excluding hydrogens is 184 g/mol. The number of rotatable bonds is 3. The molecule has 0 N–H and O–H groups in total. The molecule has 0 atom stereocenters. The summed E-state index contributed by atoms with van der Waals surface area (Å²) in [6, 6.07) is 3.68. The molecule has 1 aromatic rings. The zero-order valence-electron chi connectivity index (χ0n) is 7.99. The highest BCUT2D eigenvalue weighted by molar-refractivity contribution is 5.71. The van der Waals surface area contributed by atoms with E-state index in [9.17, 15) is 4.79 Å². The lowest BCUT2D eigenvalue weighted by Crippen LogP contribution is -2.48. The number of esters is 1. The predicted octanol–water partition coefficient (Wildman–Crippen LogP) is 1.11. The van der Waals surface area contributed by atoms with Crippen LogP contribution in [0.15, 0.2) is 22.8 Å². The van der Waals surface area contributed by atoms with Crippen LogP contribution >= 0.6 is 0 Å². The number of furan rings is 1. The molecule has 0 aromatic carbocycles. The lowest BCUT2D eigenvalue weighted by molar-refractivity contribution is -0.150. The highest BCUT2D eigenvalue weighted by Crippen LogP contribution is 2.36. The molecule has 0 aliphatic carbocycles. The van der Waals surface area contributed by atoms with Gasteiger partial charge in [0.15, 0.2) is 0 Å². The topological polar surface area (TPSA) is 48.7 Å². The van der Waals surface area contributed by atoms with Gasteiger partial charge in [-0.05, 0) is 12.1 Å². The Kier molecular flexibility index (Phi) is 2.29. The summed E-state index contributed by atoms with van der Waals surface area (Å²) in [5.74, 6) is 0.568. The van der Waals surface area contributed by atoms with Crippen LogP contribution in [0.2, 0.25) is 0 Å². The van der Waals surface area contributed by atoms with Crippen LogP contribution in [0.25, 0.3) is 0 Å². The van der Waals surface area contributed by atoms with Crippen molar-refractivity contribution in [3.8, 4) is 0 Å². The van der Waals surface area contributed by atoms with E-state index in [0.29, 0.717) is 19.6 Å². The smallest absolute Gasteiger partial charge is 0.306 e. The zero-order chi connectivity index (χ0) is 10.0. The molecule has 0 saturated carbocycles. The van der Waals surface area contributed by atoms with Crippen LogP contribution in [0.1, 0.15) is 12.2 Å². The SMILES string of the molecule is COC(=O)CC1(c2ccco2)COC1. The monoisotopic (exact) mass is 196 g/mol. The highest BCUT2D eigenvalue weighted by Gasteiger charge is 2.45. The van der Waals surface area contributed by atoms with Crippen LogP contribution in [0.4, 0.5) is 0 Å². The Hall–Kier alpha value is -1.29. The van der Waals surface area contributed by atoms with E-state index < -0.39 is 0 Å². The fourth-order valence-corrected chi connectivity index (χ4v) is 1.61. The number of ether oxygens (including phenoxy) is 2. The minimum Gasteiger partial charge on any atom is -0.469 e. The van der Waals surface area contributed by atoms with Crippen molar-refractivity contribution >= 4 is 5.97 Å². The van der Waals surface area contributed by atoms with Gasteiger partial charge in [0, 0.05) is 0 Å². The molecule has 0 spiro atoms. The molecule has 14 heavy (non-hydrogen) atoms. The molecule has 1 saturated heterocycles. The summed E-state index contributed by atoms with van der Waals surface area (Å²) < 4.78 is 15.1. The molecule has 0 unspecified atom stereocenters. The third-order valence-corrected chi connectivity index (χ3v) is 2.51. The van der Waals surface area contributed by atoms with Gasteiger partial charge >= 0.3 is 5.97 Å². The first-order chi connectivity index (χ1) is 6.77. The van der Waals surface area contributed by atoms with Gasteiger partial charge < -0.3 is 13.9 Å². The van der Waals surface area contributed by atoms with Crippen molar-refractivity contribution in [3.63, 3.8) is 0 Å². The molecule has 4 heteroatoms. The summed E-state index contributed by atoms with van der Waals surface area (Å²) in [6.45, 7) is 1.05. The standard InChI is InChI=1S/C10H12O4/c1-12-9(11)5-10(6-13-7-10)8-3-2-4-14-8/h2-4H,5-7H2,1H3. The fraction of sp³-hybridized carbons (Fsp3) is 0.500. The molecule has 1 aliphatic rings. The van der Waals surface area contributed by atoms with Crippen LogP contribution in [0, 0.1) is 0 Å². The summed E-state index contributed by atoms with van der Waals surface area (Å²) in [7, 11) is 1.39. The van der Waals surface area contributed by atoms with Crippen molar-refractivity contribution < 1.29 is 18.7 Å². The van der Waals surface area contributed by atoms with Gasteiger partial charge in [0.05, 0.1) is 38.4 Å². The van der Waals surface area contributed by atoms with E-state index in [4.69, 9.17) is 9.15 Å². The molecule has 0 radical (unpaired) electrons. The highest BCUT2D eigenvalue weighted by atomic mass is 16.5. The van der Waals surface area contributed by atoms with Crippen LogP contribution in [0.5, 0.6) is 0 Å². The lowest BCUT2D eigenvalue weighted by Gasteiger charge is -2.38. The van der Waals surface area contributed by atoms with Crippen molar-refractivity contribution in [3.05, 3.63) is 24.2 Å². The van der Waals surface area contributed by atoms with Crippen molar-refractivity contribution in [2.24, 2.45) is 0 Å². The molecule has 76 valence electrons. The summed E-state index contributed by atoms with van der Waals surface area (Å²) in [6.07, 6.45) is 1.92. The largest absolute Gasteiger partial charge is 0.469 e. The maximum atomic E-state index is 11.2. The maximum Gasteiger partial charge on any atom is 0.306 e. The summed E-state index contributed by atoms with van der Waals surface area (Å²) in [4.78, 5) is 11.2. The average Bonchev–Trinajstić information content (AvgIpc) is 2.63. The molecule has 2 heterocycles. The van der Waals surface area contributed by atoms with Gasteiger partial charge in [-0.15, -0.1) is 0 Å². The van der Waals surface area contributed by atoms with E-state index in [0.717, 1.165) is 5.76 Å². The Morgan fingerprint density at radius 2 is 2.43 bits per heavy atom. The van der Waals surface area contributed by atoms with E-state index >= 15 is 0 Å². The van der Waals surface area contributed by atoms with E-state index in [1.807, 2.05) is 12.1 Å².